The molecule has 4 aromatic rings. The predicted molar refractivity (Wildman–Crippen MR) is 191 cm³/mol. The van der Waals surface area contributed by atoms with Gasteiger partial charge in [-0.05, 0) is 17.0 Å². The van der Waals surface area contributed by atoms with E-state index in [0.29, 0.717) is 17.6 Å². The summed E-state index contributed by atoms with van der Waals surface area (Å²) in [5.41, 5.74) is 9.88. The molecule has 0 saturated heterocycles. The average Bonchev–Trinajstić information content (AvgIpc) is 3.16. The number of benzene rings is 4. The molecule has 5 rings (SSSR count). The van der Waals surface area contributed by atoms with Gasteiger partial charge in [-0.2, -0.15) is 0 Å². The summed E-state index contributed by atoms with van der Waals surface area (Å²) in [7, 11) is 14.3. The zero-order valence-electron chi connectivity index (χ0n) is 28.0. The number of para-hydroxylation sites is 2. The molecule has 1 aliphatic rings. The van der Waals surface area contributed by atoms with Gasteiger partial charge < -0.3 is 5.11 Å². The molecule has 1 N–H and O–H groups in total. The third kappa shape index (κ3) is 7.47. The van der Waals surface area contributed by atoms with Crippen molar-refractivity contribution in [2.45, 2.75) is 74.1 Å². The first-order chi connectivity index (χ1) is 21.2. The van der Waals surface area contributed by atoms with E-state index >= 15 is 0 Å². The molecule has 0 bridgehead atoms. The molecule has 0 aromatic heterocycles. The first-order valence-electron chi connectivity index (χ1n) is 15.7. The van der Waals surface area contributed by atoms with Crippen LogP contribution in [0.3, 0.4) is 0 Å². The Balaban J connectivity index is 0.000000242. The first kappa shape index (κ1) is 35.1. The van der Waals surface area contributed by atoms with E-state index in [1.807, 2.05) is 66.7 Å². The Morgan fingerprint density at radius 1 is 0.622 bits per heavy atom. The van der Waals surface area contributed by atoms with E-state index in [4.69, 9.17) is 21.9 Å². The Hall–Kier alpha value is -2.75. The van der Waals surface area contributed by atoms with Gasteiger partial charge in [-0.15, -0.1) is 0 Å². The van der Waals surface area contributed by atoms with Gasteiger partial charge in [0.05, 0.1) is 0 Å². The fourth-order valence-corrected chi connectivity index (χ4v) is 13.3. The van der Waals surface area contributed by atoms with Crippen molar-refractivity contribution in [2.24, 2.45) is 5.41 Å². The van der Waals surface area contributed by atoms with Crippen LogP contribution >= 0.6 is 18.6 Å². The fourth-order valence-electron chi connectivity index (χ4n) is 6.20. The molecule has 1 aliphatic carbocycles. The van der Waals surface area contributed by atoms with Crippen LogP contribution in [0.1, 0.15) is 85.3 Å². The number of hydrogen-bond donors (Lipinski definition) is 1. The number of phenols is 1. The van der Waals surface area contributed by atoms with Crippen LogP contribution in [0.25, 0.3) is 22.3 Å². The summed E-state index contributed by atoms with van der Waals surface area (Å²) >= 11 is -3.88. The quantitative estimate of drug-likeness (QED) is 0.197. The minimum absolute atomic E-state index is 0.183. The predicted octanol–water partition coefficient (Wildman–Crippen LogP) is 13.1. The van der Waals surface area contributed by atoms with Crippen molar-refractivity contribution < 1.29 is 23.3 Å². The number of phenolic OH excluding ortho intramolecular Hbond substituents is 1. The number of allylic oxidation sites excluding steroid dienone is 4. The van der Waals surface area contributed by atoms with Crippen LogP contribution in [0.2, 0.25) is 0 Å². The first-order valence-corrected chi connectivity index (χ1v) is 21.4. The summed E-state index contributed by atoms with van der Waals surface area (Å²) in [5, 5.41) is 10.2. The monoisotopic (exact) mass is 676 g/mol. The van der Waals surface area contributed by atoms with Gasteiger partial charge in [-0.25, -0.2) is 0 Å². The second-order valence-electron chi connectivity index (χ2n) is 13.0. The normalized spacial score (nSPS) is 14.6. The molecule has 2 nitrogen and oxygen atoms in total. The van der Waals surface area contributed by atoms with Crippen LogP contribution in [0.15, 0.2) is 118 Å². The topological polar surface area (TPSA) is 29.5 Å². The number of halogens is 2. The SMILES string of the molecule is CC(C)c1cccc(-c2ccccc2)c1O.CC1=C(C)C(C)(C)[C]([Ti]([Cl])([Cl])[O]c2c(-c3ccccc3)cccc2C(C)C)=C1C. The molecule has 0 unspecified atom stereocenters. The Bertz CT molecular complexity index is 1700. The molecular formula is C40H46Cl2O2Ti. The van der Waals surface area contributed by atoms with E-state index in [1.54, 1.807) is 0 Å². The molecule has 45 heavy (non-hydrogen) atoms. The summed E-state index contributed by atoms with van der Waals surface area (Å²) in [5.74, 6) is 1.87. The van der Waals surface area contributed by atoms with Crippen molar-refractivity contribution in [1.29, 1.82) is 0 Å². The van der Waals surface area contributed by atoms with Crippen LogP contribution in [0.4, 0.5) is 0 Å². The van der Waals surface area contributed by atoms with Gasteiger partial charge in [-0.3, -0.25) is 0 Å². The van der Waals surface area contributed by atoms with E-state index < -0.39 is 14.9 Å². The van der Waals surface area contributed by atoms with Gasteiger partial charge in [0.2, 0.25) is 0 Å². The van der Waals surface area contributed by atoms with Crippen molar-refractivity contribution in [1.82, 2.24) is 0 Å². The maximum absolute atomic E-state index is 10.2. The van der Waals surface area contributed by atoms with Gasteiger partial charge in [0.25, 0.3) is 0 Å². The van der Waals surface area contributed by atoms with E-state index in [2.05, 4.69) is 92.6 Å². The second-order valence-corrected chi connectivity index (χ2v) is 20.9. The molecule has 0 spiro atoms. The van der Waals surface area contributed by atoms with Crippen molar-refractivity contribution >= 4 is 18.6 Å². The molecule has 0 amide bonds. The summed E-state index contributed by atoms with van der Waals surface area (Å²) in [6.45, 7) is 19.4. The summed E-state index contributed by atoms with van der Waals surface area (Å²) in [4.78, 5) is 0. The fraction of sp³-hybridized carbons (Fsp3) is 0.300. The molecule has 236 valence electrons. The molecule has 0 radical (unpaired) electrons. The van der Waals surface area contributed by atoms with E-state index in [1.165, 1.54) is 16.7 Å². The van der Waals surface area contributed by atoms with E-state index in [0.717, 1.165) is 43.0 Å². The van der Waals surface area contributed by atoms with Crippen LogP contribution in [-0.4, -0.2) is 5.11 Å². The van der Waals surface area contributed by atoms with E-state index in [9.17, 15) is 5.11 Å². The average molecular weight is 678 g/mol. The Morgan fingerprint density at radius 2 is 1.09 bits per heavy atom. The molecule has 0 fully saturated rings. The van der Waals surface area contributed by atoms with Gasteiger partial charge in [0.1, 0.15) is 5.75 Å². The van der Waals surface area contributed by atoms with Crippen molar-refractivity contribution in [3.8, 4) is 33.8 Å². The summed E-state index contributed by atoms with van der Waals surface area (Å²) in [6.07, 6.45) is 0. The van der Waals surface area contributed by atoms with Gasteiger partial charge in [-0.1, -0.05) is 62.4 Å². The van der Waals surface area contributed by atoms with Crippen molar-refractivity contribution in [3.63, 3.8) is 0 Å². The molecule has 5 heteroatoms. The van der Waals surface area contributed by atoms with E-state index in [-0.39, 0.29) is 5.41 Å². The Labute approximate surface area is 282 Å². The Morgan fingerprint density at radius 3 is 1.56 bits per heavy atom. The van der Waals surface area contributed by atoms with Crippen LogP contribution in [0.5, 0.6) is 11.5 Å². The molecule has 0 aliphatic heterocycles. The summed E-state index contributed by atoms with van der Waals surface area (Å²) < 4.78 is 7.81. The standard InChI is InChI=1S/2C15H16O.C10H15.2ClH.Ti/c2*1-11(2)13-9-6-10-14(15(13)16)12-7-4-3-5-8-12;1-7-6-10(4,5)9(3)8(7)2;;;/h2*3-11,16H,1-2H3;1-5H3;2*1H;/q;;;;;+3/p-3. The maximum atomic E-state index is 10.2. The van der Waals surface area contributed by atoms with Gasteiger partial charge >= 0.3 is 188 Å². The third-order valence-electron chi connectivity index (χ3n) is 9.11. The van der Waals surface area contributed by atoms with Crippen LogP contribution in [-0.2, 0) is 14.9 Å². The minimum atomic E-state index is -3.88. The zero-order valence-corrected chi connectivity index (χ0v) is 31.1. The van der Waals surface area contributed by atoms with Crippen molar-refractivity contribution in [2.75, 3.05) is 0 Å². The van der Waals surface area contributed by atoms with Gasteiger partial charge in [0, 0.05) is 5.56 Å². The number of hydrogen-bond acceptors (Lipinski definition) is 2. The number of rotatable bonds is 7. The number of aromatic hydroxyl groups is 1. The van der Waals surface area contributed by atoms with Crippen LogP contribution < -0.4 is 3.32 Å². The molecule has 0 heterocycles. The molecule has 0 atom stereocenters. The van der Waals surface area contributed by atoms with Crippen molar-refractivity contribution in [3.05, 3.63) is 129 Å². The third-order valence-corrected chi connectivity index (χ3v) is 14.5. The summed E-state index contributed by atoms with van der Waals surface area (Å²) in [6, 6.07) is 32.5. The van der Waals surface area contributed by atoms with Gasteiger partial charge in [0.15, 0.2) is 0 Å². The Kier molecular flexibility index (Phi) is 11.2. The molecule has 0 saturated carbocycles. The van der Waals surface area contributed by atoms with Crippen LogP contribution in [0, 0.1) is 5.41 Å². The molecular weight excluding hydrogens is 631 g/mol. The zero-order chi connectivity index (χ0) is 33.1. The molecule has 4 aromatic carbocycles. The second kappa shape index (κ2) is 14.3.